The fourth-order valence-electron chi connectivity index (χ4n) is 2.15. The van der Waals surface area contributed by atoms with Crippen molar-refractivity contribution in [2.45, 2.75) is 13.5 Å². The average molecular weight is 314 g/mol. The lowest BCUT2D eigenvalue weighted by molar-refractivity contribution is 0.0954. The van der Waals surface area contributed by atoms with Crippen LogP contribution < -0.4 is 11.1 Å². The highest BCUT2D eigenvalue weighted by molar-refractivity contribution is 7.12. The summed E-state index contributed by atoms with van der Waals surface area (Å²) in [5.74, 6) is -0.109. The molecule has 0 saturated carbocycles. The summed E-state index contributed by atoms with van der Waals surface area (Å²) in [6, 6.07) is 7.38. The summed E-state index contributed by atoms with van der Waals surface area (Å²) in [7, 11) is 0. The smallest absolute Gasteiger partial charge is 0.261 e. The maximum absolute atomic E-state index is 12.0. The van der Waals surface area contributed by atoms with E-state index in [1.807, 2.05) is 25.1 Å². The number of para-hydroxylation sites is 1. The fraction of sp³-hybridized carbons (Fsp3) is 0.133. The van der Waals surface area contributed by atoms with Crippen molar-refractivity contribution < 1.29 is 9.59 Å². The number of carbonyl (C=O) groups is 2. The molecule has 2 amide bonds. The zero-order chi connectivity index (χ0) is 15.7. The van der Waals surface area contributed by atoms with Gasteiger partial charge in [0.2, 0.25) is 5.91 Å². The van der Waals surface area contributed by atoms with Crippen LogP contribution in [0.2, 0.25) is 0 Å². The minimum Gasteiger partial charge on any atom is -0.366 e. The number of primary amides is 1. The first-order chi connectivity index (χ1) is 10.5. The Bertz CT molecular complexity index is 865. The Balaban J connectivity index is 1.71. The normalized spacial score (nSPS) is 10.8. The van der Waals surface area contributed by atoms with Gasteiger partial charge in [-0.3, -0.25) is 9.59 Å². The number of amides is 2. The molecule has 0 atom stereocenters. The van der Waals surface area contributed by atoms with Crippen molar-refractivity contribution in [2.75, 3.05) is 0 Å². The first-order valence-corrected chi connectivity index (χ1v) is 7.53. The van der Waals surface area contributed by atoms with Gasteiger partial charge in [-0.2, -0.15) is 0 Å². The quantitative estimate of drug-likeness (QED) is 0.686. The van der Waals surface area contributed by atoms with E-state index in [1.165, 1.54) is 17.4 Å². The van der Waals surface area contributed by atoms with Crippen molar-refractivity contribution in [1.29, 1.82) is 0 Å². The summed E-state index contributed by atoms with van der Waals surface area (Å²) in [6.07, 6.45) is 0. The van der Waals surface area contributed by atoms with E-state index in [-0.39, 0.29) is 12.5 Å². The molecule has 0 radical (unpaired) electrons. The second-order valence-electron chi connectivity index (χ2n) is 4.90. The van der Waals surface area contributed by atoms with Crippen LogP contribution in [-0.2, 0) is 6.54 Å². The molecule has 4 N–H and O–H groups in total. The van der Waals surface area contributed by atoms with Crippen LogP contribution in [0.1, 0.15) is 31.4 Å². The third-order valence-electron chi connectivity index (χ3n) is 3.29. The van der Waals surface area contributed by atoms with Gasteiger partial charge in [0, 0.05) is 5.38 Å². The van der Waals surface area contributed by atoms with E-state index in [2.05, 4.69) is 15.3 Å². The average Bonchev–Trinajstić information content (AvgIpc) is 3.12. The number of hydrogen-bond acceptors (Lipinski definition) is 4. The molecule has 22 heavy (non-hydrogen) atoms. The largest absolute Gasteiger partial charge is 0.366 e. The zero-order valence-electron chi connectivity index (χ0n) is 11.8. The van der Waals surface area contributed by atoms with Gasteiger partial charge in [-0.1, -0.05) is 12.1 Å². The molecule has 3 aromatic rings. The molecule has 112 valence electrons. The third kappa shape index (κ3) is 2.71. The molecule has 2 aromatic heterocycles. The molecule has 2 heterocycles. The van der Waals surface area contributed by atoms with E-state index in [9.17, 15) is 9.59 Å². The molecule has 6 nitrogen and oxygen atoms in total. The minimum atomic E-state index is -0.539. The van der Waals surface area contributed by atoms with Crippen molar-refractivity contribution >= 4 is 34.2 Å². The van der Waals surface area contributed by atoms with Gasteiger partial charge >= 0.3 is 0 Å². The molecule has 3 rings (SSSR count). The number of benzene rings is 1. The molecule has 7 heteroatoms. The highest BCUT2D eigenvalue weighted by Gasteiger charge is 2.12. The summed E-state index contributed by atoms with van der Waals surface area (Å²) in [5.41, 5.74) is 8.43. The Kier molecular flexibility index (Phi) is 3.64. The first-order valence-electron chi connectivity index (χ1n) is 6.65. The standard InChI is InChI=1S/C15H14N4O2S/c1-8-3-2-4-10-13(8)19-12(18-10)6-17-15(21)11-5-9(7-22-11)14(16)20/h2-5,7H,6H2,1H3,(H2,16,20)(H,17,21)(H,18,19). The summed E-state index contributed by atoms with van der Waals surface area (Å²) in [4.78, 5) is 31.2. The van der Waals surface area contributed by atoms with E-state index < -0.39 is 5.91 Å². The molecule has 1 aromatic carbocycles. The summed E-state index contributed by atoms with van der Waals surface area (Å²) in [5, 5.41) is 4.34. The first kappa shape index (κ1) is 14.3. The summed E-state index contributed by atoms with van der Waals surface area (Å²) < 4.78 is 0. The molecule has 0 bridgehead atoms. The Morgan fingerprint density at radius 2 is 2.23 bits per heavy atom. The lowest BCUT2D eigenvalue weighted by Gasteiger charge is -2.00. The Hall–Kier alpha value is -2.67. The van der Waals surface area contributed by atoms with Gasteiger partial charge in [-0.25, -0.2) is 4.98 Å². The number of hydrogen-bond donors (Lipinski definition) is 3. The number of carbonyl (C=O) groups excluding carboxylic acids is 2. The third-order valence-corrected chi connectivity index (χ3v) is 4.22. The highest BCUT2D eigenvalue weighted by atomic mass is 32.1. The number of imidazole rings is 1. The predicted molar refractivity (Wildman–Crippen MR) is 84.8 cm³/mol. The highest BCUT2D eigenvalue weighted by Crippen LogP contribution is 2.16. The van der Waals surface area contributed by atoms with E-state index in [0.717, 1.165) is 16.6 Å². The maximum atomic E-state index is 12.0. The second-order valence-corrected chi connectivity index (χ2v) is 5.81. The zero-order valence-corrected chi connectivity index (χ0v) is 12.7. The Morgan fingerprint density at radius 3 is 2.91 bits per heavy atom. The fourth-order valence-corrected chi connectivity index (χ4v) is 2.96. The molecule has 0 saturated heterocycles. The number of nitrogens with one attached hydrogen (secondary N) is 2. The van der Waals surface area contributed by atoms with Crippen LogP contribution in [0.15, 0.2) is 29.6 Å². The topological polar surface area (TPSA) is 101 Å². The Morgan fingerprint density at radius 1 is 1.41 bits per heavy atom. The number of fused-ring (bicyclic) bond motifs is 1. The molecule has 0 aliphatic carbocycles. The molecular weight excluding hydrogens is 300 g/mol. The molecule has 0 fully saturated rings. The predicted octanol–water partition coefficient (Wildman–Crippen LogP) is 1.96. The van der Waals surface area contributed by atoms with Gasteiger partial charge in [-0.05, 0) is 24.6 Å². The number of nitrogens with zero attached hydrogens (tertiary/aromatic N) is 1. The number of aromatic nitrogens is 2. The van der Waals surface area contributed by atoms with Crippen molar-refractivity contribution in [3.8, 4) is 0 Å². The van der Waals surface area contributed by atoms with Gasteiger partial charge in [0.25, 0.3) is 5.91 Å². The van der Waals surface area contributed by atoms with Crippen LogP contribution in [0, 0.1) is 6.92 Å². The lowest BCUT2D eigenvalue weighted by atomic mass is 10.2. The second kappa shape index (κ2) is 5.61. The number of thiophene rings is 1. The van der Waals surface area contributed by atoms with Crippen molar-refractivity contribution in [3.05, 3.63) is 51.5 Å². The number of H-pyrrole nitrogens is 1. The molecule has 0 unspecified atom stereocenters. The van der Waals surface area contributed by atoms with E-state index in [1.54, 1.807) is 5.38 Å². The van der Waals surface area contributed by atoms with Gasteiger partial charge in [0.05, 0.1) is 28.0 Å². The Labute approximate surface area is 130 Å². The summed E-state index contributed by atoms with van der Waals surface area (Å²) in [6.45, 7) is 2.28. The van der Waals surface area contributed by atoms with Crippen LogP contribution in [0.4, 0.5) is 0 Å². The number of nitrogens with two attached hydrogens (primary N) is 1. The van der Waals surface area contributed by atoms with Crippen LogP contribution >= 0.6 is 11.3 Å². The lowest BCUT2D eigenvalue weighted by Crippen LogP contribution is -2.22. The van der Waals surface area contributed by atoms with Crippen LogP contribution in [-0.4, -0.2) is 21.8 Å². The van der Waals surface area contributed by atoms with Gasteiger partial charge < -0.3 is 16.0 Å². The van der Waals surface area contributed by atoms with Crippen molar-refractivity contribution in [3.63, 3.8) is 0 Å². The maximum Gasteiger partial charge on any atom is 0.261 e. The van der Waals surface area contributed by atoms with E-state index in [4.69, 9.17) is 5.73 Å². The molecule has 0 spiro atoms. The van der Waals surface area contributed by atoms with Crippen molar-refractivity contribution in [1.82, 2.24) is 15.3 Å². The monoisotopic (exact) mass is 314 g/mol. The van der Waals surface area contributed by atoms with Crippen LogP contribution in [0.25, 0.3) is 11.0 Å². The molecular formula is C15H14N4O2S. The molecule has 0 aliphatic rings. The van der Waals surface area contributed by atoms with Gasteiger partial charge in [0.15, 0.2) is 0 Å². The SMILES string of the molecule is Cc1cccc2[nH]c(CNC(=O)c3cc(C(N)=O)cs3)nc12. The van der Waals surface area contributed by atoms with E-state index in [0.29, 0.717) is 16.3 Å². The van der Waals surface area contributed by atoms with Crippen molar-refractivity contribution in [2.24, 2.45) is 5.73 Å². The number of aromatic amines is 1. The number of aryl methyl sites for hydroxylation is 1. The minimum absolute atomic E-state index is 0.255. The van der Waals surface area contributed by atoms with Crippen LogP contribution in [0.5, 0.6) is 0 Å². The summed E-state index contributed by atoms with van der Waals surface area (Å²) >= 11 is 1.19. The van der Waals surface area contributed by atoms with Gasteiger partial charge in [-0.15, -0.1) is 11.3 Å². The number of rotatable bonds is 4. The van der Waals surface area contributed by atoms with Crippen LogP contribution in [0.3, 0.4) is 0 Å². The van der Waals surface area contributed by atoms with E-state index >= 15 is 0 Å². The molecule has 0 aliphatic heterocycles. The van der Waals surface area contributed by atoms with Gasteiger partial charge in [0.1, 0.15) is 5.82 Å².